The van der Waals surface area contributed by atoms with E-state index in [9.17, 15) is 8.42 Å². The highest BCUT2D eigenvalue weighted by Gasteiger charge is 2.15. The van der Waals surface area contributed by atoms with Gasteiger partial charge >= 0.3 is 0 Å². The Morgan fingerprint density at radius 2 is 1.89 bits per heavy atom. The highest BCUT2D eigenvalue weighted by atomic mass is 32.2. The Morgan fingerprint density at radius 1 is 1.22 bits per heavy atom. The lowest BCUT2D eigenvalue weighted by atomic mass is 10.3. The third kappa shape index (κ3) is 2.70. The molecule has 5 nitrogen and oxygen atoms in total. The van der Waals surface area contributed by atoms with Gasteiger partial charge in [0.05, 0.1) is 10.9 Å². The molecule has 1 N–H and O–H groups in total. The van der Waals surface area contributed by atoms with Gasteiger partial charge in [-0.15, -0.1) is 0 Å². The number of nitrogens with zero attached hydrogens (tertiary/aromatic N) is 2. The van der Waals surface area contributed by atoms with Crippen molar-refractivity contribution < 1.29 is 8.42 Å². The van der Waals surface area contributed by atoms with E-state index >= 15 is 0 Å². The number of nitrogens with one attached hydrogen (secondary N) is 1. The highest BCUT2D eigenvalue weighted by molar-refractivity contribution is 7.93. The monoisotopic (exact) mass is 265 g/mol. The smallest absolute Gasteiger partial charge is 0.235 e. The van der Waals surface area contributed by atoms with E-state index in [1.807, 2.05) is 24.4 Å². The van der Waals surface area contributed by atoms with E-state index in [0.717, 1.165) is 5.69 Å². The van der Waals surface area contributed by atoms with Crippen LogP contribution in [0.25, 0.3) is 5.69 Å². The number of aromatic nitrogens is 2. The average Bonchev–Trinajstić information content (AvgIpc) is 2.83. The normalized spacial score (nSPS) is 11.7. The molecule has 0 saturated heterocycles. The molecule has 0 bridgehead atoms. The van der Waals surface area contributed by atoms with Gasteiger partial charge in [0.25, 0.3) is 0 Å². The first kappa shape index (κ1) is 12.6. The van der Waals surface area contributed by atoms with Crippen molar-refractivity contribution in [3.63, 3.8) is 0 Å². The predicted molar refractivity (Wildman–Crippen MR) is 71.2 cm³/mol. The molecule has 18 heavy (non-hydrogen) atoms. The van der Waals surface area contributed by atoms with E-state index < -0.39 is 15.3 Å². The molecule has 2 aromatic rings. The van der Waals surface area contributed by atoms with E-state index in [1.165, 1.54) is 0 Å². The van der Waals surface area contributed by atoms with Crippen molar-refractivity contribution in [3.8, 4) is 5.69 Å². The summed E-state index contributed by atoms with van der Waals surface area (Å²) in [5.74, 6) is 0. The average molecular weight is 265 g/mol. The molecule has 1 aromatic heterocycles. The maximum atomic E-state index is 11.7. The molecule has 0 fully saturated rings. The summed E-state index contributed by atoms with van der Waals surface area (Å²) in [5.41, 5.74) is 1.44. The van der Waals surface area contributed by atoms with Gasteiger partial charge in [0.15, 0.2) is 0 Å². The van der Waals surface area contributed by atoms with Crippen molar-refractivity contribution >= 4 is 15.7 Å². The largest absolute Gasteiger partial charge is 0.283 e. The lowest BCUT2D eigenvalue weighted by Gasteiger charge is -2.11. The molecule has 0 atom stereocenters. The Kier molecular flexibility index (Phi) is 3.38. The first-order valence-electron chi connectivity index (χ1n) is 5.61. The van der Waals surface area contributed by atoms with Gasteiger partial charge in [-0.1, -0.05) is 0 Å². The SMILES string of the molecule is CC(C)S(=O)(=O)Nc1ccc(-n2cccn2)cc1. The van der Waals surface area contributed by atoms with Crippen LogP contribution in [0.2, 0.25) is 0 Å². The van der Waals surface area contributed by atoms with E-state index in [2.05, 4.69) is 9.82 Å². The third-order valence-electron chi connectivity index (χ3n) is 2.52. The quantitative estimate of drug-likeness (QED) is 0.920. The molecule has 0 aliphatic heterocycles. The lowest BCUT2D eigenvalue weighted by Crippen LogP contribution is -2.22. The fraction of sp³-hybridized carbons (Fsp3) is 0.250. The predicted octanol–water partition coefficient (Wildman–Crippen LogP) is 2.02. The van der Waals surface area contributed by atoms with Gasteiger partial charge < -0.3 is 0 Å². The second kappa shape index (κ2) is 4.81. The summed E-state index contributed by atoms with van der Waals surface area (Å²) in [6.45, 7) is 3.28. The zero-order valence-corrected chi connectivity index (χ0v) is 11.1. The van der Waals surface area contributed by atoms with E-state index in [-0.39, 0.29) is 0 Å². The minimum absolute atomic E-state index is 0.455. The van der Waals surface area contributed by atoms with Gasteiger partial charge in [0.2, 0.25) is 10.0 Å². The lowest BCUT2D eigenvalue weighted by molar-refractivity contribution is 0.593. The van der Waals surface area contributed by atoms with Crippen LogP contribution in [-0.2, 0) is 10.0 Å². The molecule has 0 saturated carbocycles. The molecular formula is C12H15N3O2S. The Bertz CT molecular complexity index is 601. The molecule has 96 valence electrons. The number of sulfonamides is 1. The second-order valence-corrected chi connectivity index (χ2v) is 6.43. The molecule has 0 aliphatic carbocycles. The zero-order valence-electron chi connectivity index (χ0n) is 10.2. The third-order valence-corrected chi connectivity index (χ3v) is 4.28. The van der Waals surface area contributed by atoms with Gasteiger partial charge in [-0.25, -0.2) is 13.1 Å². The zero-order chi connectivity index (χ0) is 13.2. The Balaban J connectivity index is 2.19. The van der Waals surface area contributed by atoms with Crippen LogP contribution in [0.4, 0.5) is 5.69 Å². The fourth-order valence-corrected chi connectivity index (χ4v) is 2.09. The molecule has 2 rings (SSSR count). The van der Waals surface area contributed by atoms with Crippen LogP contribution in [0.5, 0.6) is 0 Å². The summed E-state index contributed by atoms with van der Waals surface area (Å²) in [6.07, 6.45) is 3.52. The maximum Gasteiger partial charge on any atom is 0.235 e. The van der Waals surface area contributed by atoms with Crippen molar-refractivity contribution in [2.24, 2.45) is 0 Å². The van der Waals surface area contributed by atoms with E-state index in [4.69, 9.17) is 0 Å². The maximum absolute atomic E-state index is 11.7. The minimum atomic E-state index is -3.29. The van der Waals surface area contributed by atoms with Crippen molar-refractivity contribution in [1.82, 2.24) is 9.78 Å². The standard InChI is InChI=1S/C12H15N3O2S/c1-10(2)18(16,17)14-11-4-6-12(7-5-11)15-9-3-8-13-15/h3-10,14H,1-2H3. The number of hydrogen-bond acceptors (Lipinski definition) is 3. The first-order chi connectivity index (χ1) is 8.49. The molecule has 6 heteroatoms. The summed E-state index contributed by atoms with van der Waals surface area (Å²) < 4.78 is 27.6. The molecule has 1 aromatic carbocycles. The van der Waals surface area contributed by atoms with Crippen LogP contribution in [0, 0.1) is 0 Å². The van der Waals surface area contributed by atoms with Crippen molar-refractivity contribution in [2.45, 2.75) is 19.1 Å². The molecule has 0 radical (unpaired) electrons. The van der Waals surface area contributed by atoms with Crippen LogP contribution >= 0.6 is 0 Å². The van der Waals surface area contributed by atoms with Crippen LogP contribution in [-0.4, -0.2) is 23.4 Å². The number of rotatable bonds is 4. The van der Waals surface area contributed by atoms with Crippen LogP contribution < -0.4 is 4.72 Å². The number of anilines is 1. The molecule has 0 aliphatic rings. The Labute approximate surface area is 107 Å². The van der Waals surface area contributed by atoms with Crippen molar-refractivity contribution in [3.05, 3.63) is 42.7 Å². The topological polar surface area (TPSA) is 64.0 Å². The Hall–Kier alpha value is -1.82. The van der Waals surface area contributed by atoms with Crippen LogP contribution in [0.1, 0.15) is 13.8 Å². The van der Waals surface area contributed by atoms with Gasteiger partial charge in [-0.05, 0) is 44.2 Å². The summed E-state index contributed by atoms with van der Waals surface area (Å²) in [7, 11) is -3.29. The fourth-order valence-electron chi connectivity index (χ4n) is 1.39. The summed E-state index contributed by atoms with van der Waals surface area (Å²) in [6, 6.07) is 8.89. The molecule has 0 unspecified atom stereocenters. The van der Waals surface area contributed by atoms with Gasteiger partial charge in [0, 0.05) is 18.1 Å². The van der Waals surface area contributed by atoms with Gasteiger partial charge in [-0.2, -0.15) is 5.10 Å². The number of hydrogen-bond donors (Lipinski definition) is 1. The summed E-state index contributed by atoms with van der Waals surface area (Å²) in [5, 5.41) is 3.64. The second-order valence-electron chi connectivity index (χ2n) is 4.19. The first-order valence-corrected chi connectivity index (χ1v) is 7.15. The molecular weight excluding hydrogens is 250 g/mol. The van der Waals surface area contributed by atoms with Crippen LogP contribution in [0.15, 0.2) is 42.7 Å². The Morgan fingerprint density at radius 3 is 2.39 bits per heavy atom. The van der Waals surface area contributed by atoms with Crippen molar-refractivity contribution in [1.29, 1.82) is 0 Å². The van der Waals surface area contributed by atoms with Gasteiger partial charge in [0.1, 0.15) is 0 Å². The number of benzene rings is 1. The van der Waals surface area contributed by atoms with Crippen molar-refractivity contribution in [2.75, 3.05) is 4.72 Å². The molecule has 0 spiro atoms. The van der Waals surface area contributed by atoms with Gasteiger partial charge in [-0.3, -0.25) is 4.72 Å². The molecule has 1 heterocycles. The van der Waals surface area contributed by atoms with Crippen LogP contribution in [0.3, 0.4) is 0 Å². The van der Waals surface area contributed by atoms with E-state index in [1.54, 1.807) is 36.9 Å². The van der Waals surface area contributed by atoms with E-state index in [0.29, 0.717) is 5.69 Å². The molecule has 0 amide bonds. The minimum Gasteiger partial charge on any atom is -0.283 e. The summed E-state index contributed by atoms with van der Waals surface area (Å²) in [4.78, 5) is 0. The summed E-state index contributed by atoms with van der Waals surface area (Å²) >= 11 is 0. The highest BCUT2D eigenvalue weighted by Crippen LogP contribution is 2.15.